The van der Waals surface area contributed by atoms with Gasteiger partial charge in [0, 0.05) is 18.8 Å². The summed E-state index contributed by atoms with van der Waals surface area (Å²) >= 11 is 0. The highest BCUT2D eigenvalue weighted by atomic mass is 16.8. The maximum absolute atomic E-state index is 12.5. The van der Waals surface area contributed by atoms with Crippen molar-refractivity contribution in [2.24, 2.45) is 0 Å². The fraction of sp³-hybridized carbons (Fsp3) is 0.500. The predicted octanol–water partition coefficient (Wildman–Crippen LogP) is 6.29. The zero-order valence-electron chi connectivity index (χ0n) is 21.0. The molecule has 3 rings (SSSR count). The third kappa shape index (κ3) is 8.50. The van der Waals surface area contributed by atoms with Gasteiger partial charge in [0.15, 0.2) is 0 Å². The van der Waals surface area contributed by atoms with Crippen LogP contribution in [0.5, 0.6) is 0 Å². The molecule has 2 aromatic rings. The van der Waals surface area contributed by atoms with Gasteiger partial charge in [0.25, 0.3) is 0 Å². The van der Waals surface area contributed by atoms with E-state index in [2.05, 4.69) is 47.4 Å². The smallest absolute Gasteiger partial charge is 0.447 e. The SMILES string of the molecule is CCCCOC(=O)ON(CCc1ccc2c(c1)CCCN2Cc1ccccc1)C(=O)OCCCC. The lowest BCUT2D eigenvalue weighted by Crippen LogP contribution is -2.36. The quantitative estimate of drug-likeness (QED) is 0.213. The molecule has 0 saturated carbocycles. The Labute approximate surface area is 208 Å². The molecule has 0 aliphatic carbocycles. The molecule has 7 heteroatoms. The van der Waals surface area contributed by atoms with Crippen LogP contribution in [0.1, 0.15) is 62.6 Å². The van der Waals surface area contributed by atoms with Crippen molar-refractivity contribution in [1.29, 1.82) is 0 Å². The van der Waals surface area contributed by atoms with Crippen LogP contribution >= 0.6 is 0 Å². The molecule has 0 bridgehead atoms. The summed E-state index contributed by atoms with van der Waals surface area (Å²) in [7, 11) is 0. The molecule has 2 aromatic carbocycles. The van der Waals surface area contributed by atoms with Gasteiger partial charge in [-0.1, -0.05) is 69.2 Å². The van der Waals surface area contributed by atoms with Crippen LogP contribution in [0.2, 0.25) is 0 Å². The van der Waals surface area contributed by atoms with Gasteiger partial charge in [0.1, 0.15) is 0 Å². The van der Waals surface area contributed by atoms with Gasteiger partial charge in [-0.3, -0.25) is 0 Å². The number of benzene rings is 2. The van der Waals surface area contributed by atoms with E-state index in [1.807, 2.05) is 19.9 Å². The first-order chi connectivity index (χ1) is 17.1. The van der Waals surface area contributed by atoms with Crippen molar-refractivity contribution in [3.05, 3.63) is 65.2 Å². The van der Waals surface area contributed by atoms with Gasteiger partial charge >= 0.3 is 12.2 Å². The molecule has 1 aliphatic rings. The number of anilines is 1. The average molecular weight is 483 g/mol. The minimum atomic E-state index is -0.882. The van der Waals surface area contributed by atoms with E-state index < -0.39 is 12.2 Å². The van der Waals surface area contributed by atoms with E-state index in [4.69, 9.17) is 14.3 Å². The Hall–Kier alpha value is -3.22. The maximum atomic E-state index is 12.5. The molecule has 0 N–H and O–H groups in total. The fourth-order valence-electron chi connectivity index (χ4n) is 4.05. The Morgan fingerprint density at radius 2 is 1.69 bits per heavy atom. The number of carbonyl (C=O) groups excluding carboxylic acids is 2. The first-order valence-corrected chi connectivity index (χ1v) is 12.8. The Bertz CT molecular complexity index is 934. The number of carbonyl (C=O) groups is 2. The predicted molar refractivity (Wildman–Crippen MR) is 136 cm³/mol. The van der Waals surface area contributed by atoms with Crippen LogP contribution in [-0.2, 0) is 33.7 Å². The lowest BCUT2D eigenvalue weighted by atomic mass is 9.97. The molecular weight excluding hydrogens is 444 g/mol. The molecule has 0 fully saturated rings. The lowest BCUT2D eigenvalue weighted by Gasteiger charge is -2.32. The molecule has 35 heavy (non-hydrogen) atoms. The van der Waals surface area contributed by atoms with Crippen molar-refractivity contribution in [2.75, 3.05) is 31.2 Å². The summed E-state index contributed by atoms with van der Waals surface area (Å²) in [5.74, 6) is 0. The summed E-state index contributed by atoms with van der Waals surface area (Å²) in [6.45, 7) is 6.69. The second kappa shape index (κ2) is 14.2. The highest BCUT2D eigenvalue weighted by molar-refractivity contribution is 5.69. The fourth-order valence-corrected chi connectivity index (χ4v) is 4.05. The average Bonchev–Trinajstić information content (AvgIpc) is 2.87. The first kappa shape index (κ1) is 26.4. The molecule has 0 radical (unpaired) electrons. The van der Waals surface area contributed by atoms with E-state index in [1.165, 1.54) is 16.8 Å². The molecule has 0 saturated heterocycles. The number of hydrogen-bond acceptors (Lipinski definition) is 6. The standard InChI is InChI=1S/C28H38N2O5/c1-3-5-19-33-27(31)30(35-28(32)34-20-6-4-2)18-16-23-14-15-26-25(21-23)13-10-17-29(26)22-24-11-8-7-9-12-24/h7-9,11-12,14-15,21H,3-6,10,13,16-20,22H2,1-2H3. The summed E-state index contributed by atoms with van der Waals surface area (Å²) in [5, 5.41) is 0.977. The van der Waals surface area contributed by atoms with Gasteiger partial charge in [0.05, 0.1) is 19.8 Å². The molecule has 1 heterocycles. The highest BCUT2D eigenvalue weighted by Crippen LogP contribution is 2.29. The van der Waals surface area contributed by atoms with Crippen LogP contribution in [0.15, 0.2) is 48.5 Å². The van der Waals surface area contributed by atoms with Gasteiger partial charge in [-0.25, -0.2) is 9.59 Å². The number of amides is 1. The Morgan fingerprint density at radius 1 is 0.943 bits per heavy atom. The molecule has 0 aromatic heterocycles. The summed E-state index contributed by atoms with van der Waals surface area (Å²) < 4.78 is 10.3. The minimum Gasteiger partial charge on any atom is -0.447 e. The highest BCUT2D eigenvalue weighted by Gasteiger charge is 2.22. The molecular formula is C28H38N2O5. The van der Waals surface area contributed by atoms with Crippen molar-refractivity contribution < 1.29 is 23.9 Å². The van der Waals surface area contributed by atoms with Gasteiger partial charge in [0.2, 0.25) is 0 Å². The first-order valence-electron chi connectivity index (χ1n) is 12.8. The molecule has 7 nitrogen and oxygen atoms in total. The number of nitrogens with zero attached hydrogens (tertiary/aromatic N) is 2. The number of rotatable bonds is 11. The lowest BCUT2D eigenvalue weighted by molar-refractivity contribution is -0.110. The third-order valence-corrected chi connectivity index (χ3v) is 6.01. The monoisotopic (exact) mass is 482 g/mol. The topological polar surface area (TPSA) is 68.3 Å². The zero-order valence-corrected chi connectivity index (χ0v) is 21.0. The summed E-state index contributed by atoms with van der Waals surface area (Å²) in [4.78, 5) is 32.2. The van der Waals surface area contributed by atoms with Gasteiger partial charge < -0.3 is 19.2 Å². The van der Waals surface area contributed by atoms with Crippen molar-refractivity contribution in [2.45, 2.75) is 65.3 Å². The number of hydroxylamine groups is 2. The molecule has 0 unspecified atom stereocenters. The number of hydrogen-bond donors (Lipinski definition) is 0. The van der Waals surface area contributed by atoms with Crippen LogP contribution < -0.4 is 4.90 Å². The number of unbranched alkanes of at least 4 members (excludes halogenated alkanes) is 2. The van der Waals surface area contributed by atoms with Crippen molar-refractivity contribution in [3.63, 3.8) is 0 Å². The molecule has 1 aliphatic heterocycles. The van der Waals surface area contributed by atoms with Crippen LogP contribution in [0.4, 0.5) is 15.3 Å². The molecule has 0 spiro atoms. The Balaban J connectivity index is 1.62. The number of ether oxygens (including phenoxy) is 2. The van der Waals surface area contributed by atoms with Crippen LogP contribution in [0.25, 0.3) is 0 Å². The van der Waals surface area contributed by atoms with Gasteiger partial charge in [-0.05, 0) is 54.9 Å². The van der Waals surface area contributed by atoms with Crippen molar-refractivity contribution in [1.82, 2.24) is 5.06 Å². The number of aryl methyl sites for hydroxylation is 1. The van der Waals surface area contributed by atoms with E-state index >= 15 is 0 Å². The van der Waals surface area contributed by atoms with Crippen molar-refractivity contribution >= 4 is 17.9 Å². The van der Waals surface area contributed by atoms with Gasteiger partial charge in [-0.2, -0.15) is 0 Å². The van der Waals surface area contributed by atoms with E-state index in [9.17, 15) is 9.59 Å². The van der Waals surface area contributed by atoms with E-state index in [-0.39, 0.29) is 19.8 Å². The van der Waals surface area contributed by atoms with E-state index in [0.29, 0.717) is 6.42 Å². The second-order valence-electron chi connectivity index (χ2n) is 8.84. The van der Waals surface area contributed by atoms with Crippen LogP contribution in [-0.4, -0.2) is 43.6 Å². The second-order valence-corrected chi connectivity index (χ2v) is 8.84. The maximum Gasteiger partial charge on any atom is 0.533 e. The third-order valence-electron chi connectivity index (χ3n) is 6.01. The largest absolute Gasteiger partial charge is 0.533 e. The number of fused-ring (bicyclic) bond motifs is 1. The molecule has 190 valence electrons. The minimum absolute atomic E-state index is 0.195. The summed E-state index contributed by atoms with van der Waals surface area (Å²) in [6, 6.07) is 16.9. The van der Waals surface area contributed by atoms with Crippen LogP contribution in [0.3, 0.4) is 0 Å². The van der Waals surface area contributed by atoms with Gasteiger partial charge in [-0.15, -0.1) is 5.06 Å². The van der Waals surface area contributed by atoms with Crippen molar-refractivity contribution in [3.8, 4) is 0 Å². The molecule has 1 amide bonds. The summed E-state index contributed by atoms with van der Waals surface area (Å²) in [6.07, 6.45) is 4.42. The Morgan fingerprint density at radius 3 is 2.43 bits per heavy atom. The zero-order chi connectivity index (χ0) is 24.9. The normalized spacial score (nSPS) is 12.6. The Kier molecular flexibility index (Phi) is 10.7. The summed E-state index contributed by atoms with van der Waals surface area (Å²) in [5.41, 5.74) is 4.95. The van der Waals surface area contributed by atoms with E-state index in [1.54, 1.807) is 0 Å². The van der Waals surface area contributed by atoms with E-state index in [0.717, 1.165) is 62.2 Å². The molecule has 0 atom stereocenters. The van der Waals surface area contributed by atoms with Crippen LogP contribution in [0, 0.1) is 0 Å².